The Bertz CT molecular complexity index is 434. The number of nitrogens with zero attached hydrogens (tertiary/aromatic N) is 3. The number of piperazine rings is 1. The molecule has 104 valence electrons. The molecule has 1 aromatic heterocycles. The largest absolute Gasteiger partial charge is 0.351 e. The Kier molecular flexibility index (Phi) is 3.71. The zero-order chi connectivity index (χ0) is 13.2. The van der Waals surface area contributed by atoms with Crippen molar-refractivity contribution in [1.82, 2.24) is 15.2 Å². The van der Waals surface area contributed by atoms with Crippen molar-refractivity contribution in [3.63, 3.8) is 0 Å². The summed E-state index contributed by atoms with van der Waals surface area (Å²) in [5, 5.41) is 3.25. The molecule has 3 rings (SSSR count). The lowest BCUT2D eigenvalue weighted by Crippen LogP contribution is -2.55. The lowest BCUT2D eigenvalue weighted by atomic mass is 10.1. The standard InChI is InChI=1S/C15H24N4/c1-12-10-18-8-4-6-14(18)11-19(12)15-13(9-16-2)5-3-7-17-15/h3,5,7,12,14,16H,4,6,8-11H2,1-2H3. The van der Waals surface area contributed by atoms with E-state index in [1.54, 1.807) is 0 Å². The highest BCUT2D eigenvalue weighted by atomic mass is 15.3. The lowest BCUT2D eigenvalue weighted by molar-refractivity contribution is 0.202. The highest BCUT2D eigenvalue weighted by molar-refractivity contribution is 5.48. The summed E-state index contributed by atoms with van der Waals surface area (Å²) in [4.78, 5) is 9.82. The van der Waals surface area contributed by atoms with Crippen LogP contribution in [0.5, 0.6) is 0 Å². The molecule has 19 heavy (non-hydrogen) atoms. The van der Waals surface area contributed by atoms with E-state index in [1.807, 2.05) is 19.3 Å². The second-order valence-electron chi connectivity index (χ2n) is 5.81. The van der Waals surface area contributed by atoms with E-state index in [9.17, 15) is 0 Å². The zero-order valence-electron chi connectivity index (χ0n) is 12.0. The van der Waals surface area contributed by atoms with Crippen molar-refractivity contribution in [3.05, 3.63) is 23.9 Å². The molecule has 0 bridgehead atoms. The minimum Gasteiger partial charge on any atom is -0.351 e. The van der Waals surface area contributed by atoms with E-state index in [0.717, 1.165) is 19.1 Å². The molecule has 1 aromatic rings. The fourth-order valence-corrected chi connectivity index (χ4v) is 3.50. The van der Waals surface area contributed by atoms with Crippen LogP contribution in [0.25, 0.3) is 0 Å². The lowest BCUT2D eigenvalue weighted by Gasteiger charge is -2.43. The zero-order valence-corrected chi connectivity index (χ0v) is 12.0. The first kappa shape index (κ1) is 12.9. The van der Waals surface area contributed by atoms with Gasteiger partial charge in [0.2, 0.25) is 0 Å². The van der Waals surface area contributed by atoms with Gasteiger partial charge in [-0.2, -0.15) is 0 Å². The van der Waals surface area contributed by atoms with Crippen LogP contribution >= 0.6 is 0 Å². The monoisotopic (exact) mass is 260 g/mol. The van der Waals surface area contributed by atoms with Crippen LogP contribution in [0.1, 0.15) is 25.3 Å². The van der Waals surface area contributed by atoms with Crippen molar-refractivity contribution in [3.8, 4) is 0 Å². The molecule has 2 saturated heterocycles. The molecule has 0 saturated carbocycles. The fraction of sp³-hybridized carbons (Fsp3) is 0.667. The van der Waals surface area contributed by atoms with E-state index >= 15 is 0 Å². The SMILES string of the molecule is CNCc1cccnc1N1CC2CCCN2CC1C. The number of pyridine rings is 1. The second-order valence-corrected chi connectivity index (χ2v) is 5.81. The Labute approximate surface area is 115 Å². The number of hydrogen-bond donors (Lipinski definition) is 1. The molecule has 1 N–H and O–H groups in total. The number of rotatable bonds is 3. The van der Waals surface area contributed by atoms with Crippen molar-refractivity contribution in [2.24, 2.45) is 0 Å². The normalized spacial score (nSPS) is 27.6. The Morgan fingerprint density at radius 2 is 2.32 bits per heavy atom. The first-order valence-corrected chi connectivity index (χ1v) is 7.39. The van der Waals surface area contributed by atoms with Crippen LogP contribution in [0, 0.1) is 0 Å². The predicted molar refractivity (Wildman–Crippen MR) is 78.4 cm³/mol. The maximum absolute atomic E-state index is 4.65. The van der Waals surface area contributed by atoms with E-state index in [-0.39, 0.29) is 0 Å². The van der Waals surface area contributed by atoms with Gasteiger partial charge in [0.15, 0.2) is 0 Å². The third-order valence-electron chi connectivity index (χ3n) is 4.44. The third-order valence-corrected chi connectivity index (χ3v) is 4.44. The van der Waals surface area contributed by atoms with Crippen molar-refractivity contribution in [2.75, 3.05) is 31.6 Å². The van der Waals surface area contributed by atoms with Crippen molar-refractivity contribution in [2.45, 2.75) is 38.4 Å². The molecule has 4 heteroatoms. The van der Waals surface area contributed by atoms with E-state index in [0.29, 0.717) is 6.04 Å². The molecule has 0 amide bonds. The molecule has 0 radical (unpaired) electrons. The fourth-order valence-electron chi connectivity index (χ4n) is 3.50. The van der Waals surface area contributed by atoms with Crippen molar-refractivity contribution < 1.29 is 0 Å². The summed E-state index contributed by atoms with van der Waals surface area (Å²) in [5.41, 5.74) is 1.31. The van der Waals surface area contributed by atoms with Crippen molar-refractivity contribution in [1.29, 1.82) is 0 Å². The van der Waals surface area contributed by atoms with Crippen LogP contribution in [0.3, 0.4) is 0 Å². The van der Waals surface area contributed by atoms with Gasteiger partial charge in [-0.15, -0.1) is 0 Å². The number of fused-ring (bicyclic) bond motifs is 1. The van der Waals surface area contributed by atoms with E-state index in [2.05, 4.69) is 33.1 Å². The van der Waals surface area contributed by atoms with Crippen LogP contribution < -0.4 is 10.2 Å². The third kappa shape index (κ3) is 2.47. The van der Waals surface area contributed by atoms with Gasteiger partial charge in [-0.3, -0.25) is 4.90 Å². The summed E-state index contributed by atoms with van der Waals surface area (Å²) in [5.74, 6) is 1.18. The number of hydrogen-bond acceptors (Lipinski definition) is 4. The topological polar surface area (TPSA) is 31.4 Å². The average Bonchev–Trinajstić information content (AvgIpc) is 2.86. The molecule has 4 nitrogen and oxygen atoms in total. The molecular formula is C15H24N4. The van der Waals surface area contributed by atoms with E-state index in [4.69, 9.17) is 0 Å². The average molecular weight is 260 g/mol. The molecular weight excluding hydrogens is 236 g/mol. The Hall–Kier alpha value is -1.13. The Morgan fingerprint density at radius 1 is 1.42 bits per heavy atom. The molecule has 0 aliphatic carbocycles. The van der Waals surface area contributed by atoms with Gasteiger partial charge in [0.25, 0.3) is 0 Å². The highest BCUT2D eigenvalue weighted by Crippen LogP contribution is 2.29. The van der Waals surface area contributed by atoms with Gasteiger partial charge in [0.05, 0.1) is 0 Å². The number of anilines is 1. The molecule has 2 fully saturated rings. The minimum absolute atomic E-state index is 0.555. The first-order chi connectivity index (χ1) is 9.29. The van der Waals surface area contributed by atoms with Crippen molar-refractivity contribution >= 4 is 5.82 Å². The molecule has 0 aromatic carbocycles. The van der Waals surface area contributed by atoms with E-state index < -0.39 is 0 Å². The smallest absolute Gasteiger partial charge is 0.133 e. The Balaban J connectivity index is 1.84. The molecule has 2 aliphatic rings. The summed E-state index contributed by atoms with van der Waals surface area (Å²) in [6.07, 6.45) is 4.62. The second kappa shape index (κ2) is 5.47. The molecule has 2 aliphatic heterocycles. The number of nitrogens with one attached hydrogen (secondary N) is 1. The van der Waals surface area contributed by atoms with Crippen LogP contribution in [0.4, 0.5) is 5.82 Å². The number of aromatic nitrogens is 1. The summed E-state index contributed by atoms with van der Waals surface area (Å²) in [6.45, 7) is 6.82. The maximum Gasteiger partial charge on any atom is 0.133 e. The molecule has 3 heterocycles. The predicted octanol–water partition coefficient (Wildman–Crippen LogP) is 1.47. The highest BCUT2D eigenvalue weighted by Gasteiger charge is 2.35. The summed E-state index contributed by atoms with van der Waals surface area (Å²) >= 11 is 0. The summed E-state index contributed by atoms with van der Waals surface area (Å²) < 4.78 is 0. The van der Waals surface area contributed by atoms with Crippen LogP contribution in [-0.4, -0.2) is 48.6 Å². The minimum atomic E-state index is 0.555. The van der Waals surface area contributed by atoms with Gasteiger partial charge >= 0.3 is 0 Å². The van der Waals surface area contributed by atoms with Gasteiger partial charge in [-0.05, 0) is 39.4 Å². The van der Waals surface area contributed by atoms with Gasteiger partial charge in [0.1, 0.15) is 5.82 Å². The van der Waals surface area contributed by atoms with Crippen LogP contribution in [0.2, 0.25) is 0 Å². The van der Waals surface area contributed by atoms with Gasteiger partial charge in [0, 0.05) is 43.5 Å². The molecule has 0 spiro atoms. The van der Waals surface area contributed by atoms with Gasteiger partial charge in [-0.25, -0.2) is 4.98 Å². The summed E-state index contributed by atoms with van der Waals surface area (Å²) in [6, 6.07) is 5.51. The summed E-state index contributed by atoms with van der Waals surface area (Å²) in [7, 11) is 2.00. The van der Waals surface area contributed by atoms with Crippen LogP contribution in [0.15, 0.2) is 18.3 Å². The Morgan fingerprint density at radius 3 is 3.16 bits per heavy atom. The van der Waals surface area contributed by atoms with E-state index in [1.165, 1.54) is 37.3 Å². The van der Waals surface area contributed by atoms with Crippen LogP contribution in [-0.2, 0) is 6.54 Å². The maximum atomic E-state index is 4.65. The van der Waals surface area contributed by atoms with Gasteiger partial charge < -0.3 is 10.2 Å². The molecule has 2 unspecified atom stereocenters. The quantitative estimate of drug-likeness (QED) is 0.892. The molecule has 2 atom stereocenters. The van der Waals surface area contributed by atoms with Gasteiger partial charge in [-0.1, -0.05) is 6.07 Å². The first-order valence-electron chi connectivity index (χ1n) is 7.39.